The Bertz CT molecular complexity index is 919. The van der Waals surface area contributed by atoms with Gasteiger partial charge in [0, 0.05) is 30.2 Å². The molecular weight excluding hydrogens is 425 g/mol. The van der Waals surface area contributed by atoms with E-state index in [-0.39, 0.29) is 24.1 Å². The molecule has 5 nitrogen and oxygen atoms in total. The molecule has 1 N–H and O–H groups in total. The third-order valence-electron chi connectivity index (χ3n) is 4.60. The third kappa shape index (κ3) is 5.58. The first-order chi connectivity index (χ1) is 13.8. The van der Waals surface area contributed by atoms with Crippen LogP contribution in [0.15, 0.2) is 36.4 Å². The zero-order valence-corrected chi connectivity index (χ0v) is 16.8. The Hall–Kier alpha value is -2.38. The van der Waals surface area contributed by atoms with Gasteiger partial charge >= 0.3 is 0 Å². The molecule has 2 aromatic rings. The van der Waals surface area contributed by atoms with E-state index in [0.717, 1.165) is 12.1 Å². The van der Waals surface area contributed by atoms with Crippen LogP contribution in [0.4, 0.5) is 8.78 Å². The Kier molecular flexibility index (Phi) is 6.92. The second-order valence-electron chi connectivity index (χ2n) is 6.62. The molecule has 0 atom stereocenters. The average molecular weight is 443 g/mol. The largest absolute Gasteiger partial charge is 0.482 e. The smallest absolute Gasteiger partial charge is 0.260 e. The normalized spacial score (nSPS) is 14.6. The van der Waals surface area contributed by atoms with Gasteiger partial charge in [-0.05, 0) is 43.2 Å². The highest BCUT2D eigenvalue weighted by Crippen LogP contribution is 2.27. The fourth-order valence-corrected chi connectivity index (χ4v) is 3.50. The number of ether oxygens (including phenoxy) is 1. The lowest BCUT2D eigenvalue weighted by molar-refractivity contribution is -0.134. The molecule has 0 unspecified atom stereocenters. The number of rotatable bonds is 5. The highest BCUT2D eigenvalue weighted by Gasteiger charge is 2.25. The predicted octanol–water partition coefficient (Wildman–Crippen LogP) is 4.07. The van der Waals surface area contributed by atoms with E-state index in [9.17, 15) is 18.4 Å². The second kappa shape index (κ2) is 9.41. The van der Waals surface area contributed by atoms with Crippen LogP contribution in [0.5, 0.6) is 5.75 Å². The van der Waals surface area contributed by atoms with Crippen LogP contribution in [-0.4, -0.2) is 42.5 Å². The number of benzene rings is 2. The van der Waals surface area contributed by atoms with Gasteiger partial charge in [0.1, 0.15) is 17.4 Å². The summed E-state index contributed by atoms with van der Waals surface area (Å²) in [5.74, 6) is -2.09. The Balaban J connectivity index is 1.47. The number of hydrogen-bond donors (Lipinski definition) is 1. The predicted molar refractivity (Wildman–Crippen MR) is 105 cm³/mol. The van der Waals surface area contributed by atoms with Crippen LogP contribution in [0.3, 0.4) is 0 Å². The first kappa shape index (κ1) is 21.3. The highest BCUT2D eigenvalue weighted by molar-refractivity contribution is 6.35. The molecule has 0 saturated carbocycles. The van der Waals surface area contributed by atoms with Crippen LogP contribution >= 0.6 is 23.2 Å². The van der Waals surface area contributed by atoms with E-state index in [4.69, 9.17) is 27.9 Å². The van der Waals surface area contributed by atoms with E-state index in [1.807, 2.05) is 0 Å². The summed E-state index contributed by atoms with van der Waals surface area (Å²) in [6.45, 7) is 0.681. The highest BCUT2D eigenvalue weighted by atomic mass is 35.5. The van der Waals surface area contributed by atoms with Crippen LogP contribution in [-0.2, 0) is 4.79 Å². The van der Waals surface area contributed by atoms with E-state index < -0.39 is 17.5 Å². The quantitative estimate of drug-likeness (QED) is 0.758. The summed E-state index contributed by atoms with van der Waals surface area (Å²) in [6.07, 6.45) is 1.03. The van der Waals surface area contributed by atoms with Crippen LogP contribution < -0.4 is 10.1 Å². The minimum Gasteiger partial charge on any atom is -0.482 e. The Labute approximate surface area is 176 Å². The molecule has 0 radical (unpaired) electrons. The molecular formula is C20H18Cl2F2N2O3. The van der Waals surface area contributed by atoms with Crippen molar-refractivity contribution in [2.24, 2.45) is 0 Å². The fraction of sp³-hybridized carbons (Fsp3) is 0.300. The number of halogens is 4. The van der Waals surface area contributed by atoms with E-state index in [1.165, 1.54) is 6.07 Å². The summed E-state index contributed by atoms with van der Waals surface area (Å²) in [5.41, 5.74) is -0.210. The van der Waals surface area contributed by atoms with Crippen molar-refractivity contribution >= 4 is 35.0 Å². The Morgan fingerprint density at radius 1 is 1.10 bits per heavy atom. The van der Waals surface area contributed by atoms with Gasteiger partial charge < -0.3 is 15.0 Å². The van der Waals surface area contributed by atoms with Crippen molar-refractivity contribution in [2.45, 2.75) is 18.9 Å². The molecule has 2 amide bonds. The molecule has 2 aromatic carbocycles. The molecule has 3 rings (SSSR count). The Morgan fingerprint density at radius 2 is 1.83 bits per heavy atom. The van der Waals surface area contributed by atoms with Crippen molar-refractivity contribution in [3.05, 3.63) is 63.6 Å². The number of hydrogen-bond acceptors (Lipinski definition) is 3. The summed E-state index contributed by atoms with van der Waals surface area (Å²) < 4.78 is 32.1. The van der Waals surface area contributed by atoms with Gasteiger partial charge in [-0.1, -0.05) is 23.2 Å². The van der Waals surface area contributed by atoms with Gasteiger partial charge in [-0.2, -0.15) is 0 Å². The molecule has 29 heavy (non-hydrogen) atoms. The van der Waals surface area contributed by atoms with Crippen molar-refractivity contribution in [1.82, 2.24) is 10.2 Å². The molecule has 0 spiro atoms. The zero-order valence-electron chi connectivity index (χ0n) is 15.3. The van der Waals surface area contributed by atoms with Crippen molar-refractivity contribution in [3.8, 4) is 5.75 Å². The van der Waals surface area contributed by atoms with Crippen LogP contribution in [0.2, 0.25) is 10.0 Å². The molecule has 9 heteroatoms. The van der Waals surface area contributed by atoms with E-state index >= 15 is 0 Å². The van der Waals surface area contributed by atoms with Crippen LogP contribution in [0, 0.1) is 11.6 Å². The molecule has 0 aliphatic carbocycles. The van der Waals surface area contributed by atoms with Gasteiger partial charge in [0.25, 0.3) is 11.8 Å². The number of nitrogens with one attached hydrogen (secondary N) is 1. The van der Waals surface area contributed by atoms with E-state index in [0.29, 0.717) is 47.8 Å². The van der Waals surface area contributed by atoms with E-state index in [1.54, 1.807) is 17.0 Å². The lowest BCUT2D eigenvalue weighted by atomic mass is 10.0. The zero-order chi connectivity index (χ0) is 21.0. The van der Waals surface area contributed by atoms with Gasteiger partial charge in [-0.3, -0.25) is 9.59 Å². The van der Waals surface area contributed by atoms with Crippen LogP contribution in [0.25, 0.3) is 0 Å². The minimum atomic E-state index is -0.909. The van der Waals surface area contributed by atoms with Gasteiger partial charge in [0.15, 0.2) is 6.61 Å². The summed E-state index contributed by atoms with van der Waals surface area (Å²) in [5, 5.41) is 3.51. The molecule has 1 heterocycles. The molecule has 1 aliphatic heterocycles. The second-order valence-corrected chi connectivity index (χ2v) is 7.46. The van der Waals surface area contributed by atoms with Crippen molar-refractivity contribution in [1.29, 1.82) is 0 Å². The van der Waals surface area contributed by atoms with Crippen molar-refractivity contribution < 1.29 is 23.1 Å². The molecule has 1 aliphatic rings. The maximum Gasteiger partial charge on any atom is 0.260 e. The lowest BCUT2D eigenvalue weighted by Gasteiger charge is -2.32. The monoisotopic (exact) mass is 442 g/mol. The molecule has 0 aromatic heterocycles. The number of carbonyl (C=O) groups excluding carboxylic acids is 2. The standard InChI is InChI=1S/C20H18Cl2F2N2O3/c21-12-1-4-18(16(22)9-12)29-11-19(27)26-7-5-14(6-8-26)25-20(28)15-3-2-13(23)10-17(15)24/h1-4,9-10,14H,5-8,11H2,(H,25,28). The number of likely N-dealkylation sites (tertiary alicyclic amines) is 1. The van der Waals surface area contributed by atoms with E-state index in [2.05, 4.69) is 5.32 Å². The van der Waals surface area contributed by atoms with Gasteiger partial charge in [-0.15, -0.1) is 0 Å². The van der Waals surface area contributed by atoms with Gasteiger partial charge in [-0.25, -0.2) is 8.78 Å². The number of nitrogens with zero attached hydrogens (tertiary/aromatic N) is 1. The fourth-order valence-electron chi connectivity index (χ4n) is 3.03. The van der Waals surface area contributed by atoms with Crippen LogP contribution in [0.1, 0.15) is 23.2 Å². The number of amides is 2. The molecule has 0 bridgehead atoms. The van der Waals surface area contributed by atoms with Crippen molar-refractivity contribution in [3.63, 3.8) is 0 Å². The summed E-state index contributed by atoms with van der Waals surface area (Å²) in [4.78, 5) is 26.1. The minimum absolute atomic E-state index is 0.167. The topological polar surface area (TPSA) is 58.6 Å². The Morgan fingerprint density at radius 3 is 2.48 bits per heavy atom. The first-order valence-electron chi connectivity index (χ1n) is 8.95. The summed E-state index contributed by atoms with van der Waals surface area (Å²) >= 11 is 11.8. The molecule has 1 saturated heterocycles. The number of piperidine rings is 1. The first-order valence-corrected chi connectivity index (χ1v) is 9.70. The summed E-state index contributed by atoms with van der Waals surface area (Å²) in [7, 11) is 0. The molecule has 154 valence electrons. The maximum absolute atomic E-state index is 13.7. The lowest BCUT2D eigenvalue weighted by Crippen LogP contribution is -2.47. The van der Waals surface area contributed by atoms with Gasteiger partial charge in [0.05, 0.1) is 10.6 Å². The summed E-state index contributed by atoms with van der Waals surface area (Å²) in [6, 6.07) is 7.34. The maximum atomic E-state index is 13.7. The van der Waals surface area contributed by atoms with Crippen molar-refractivity contribution in [2.75, 3.05) is 19.7 Å². The third-order valence-corrected chi connectivity index (χ3v) is 5.13. The molecule has 1 fully saturated rings. The SMILES string of the molecule is O=C(NC1CCN(C(=O)COc2ccc(Cl)cc2Cl)CC1)c1ccc(F)cc1F. The van der Waals surface area contributed by atoms with Gasteiger partial charge in [0.2, 0.25) is 0 Å². The average Bonchev–Trinajstić information content (AvgIpc) is 2.67. The number of carbonyl (C=O) groups is 2.